The number of nitrogens with one attached hydrogen (secondary N) is 1. The Kier molecular flexibility index (Phi) is 14.1. The highest BCUT2D eigenvalue weighted by Gasteiger charge is 2.16. The lowest BCUT2D eigenvalue weighted by atomic mass is 10.0. The highest BCUT2D eigenvalue weighted by Crippen LogP contribution is 2.15. The van der Waals surface area contributed by atoms with Crippen LogP contribution in [0.25, 0.3) is 0 Å². The molecule has 3 N–H and O–H groups in total. The largest absolute Gasteiger partial charge is 0.370 e. The first-order valence-corrected chi connectivity index (χ1v) is 10.8. The maximum absolute atomic E-state index is 5.65. The fourth-order valence-electron chi connectivity index (χ4n) is 3.61. The van der Waals surface area contributed by atoms with Gasteiger partial charge in [0.2, 0.25) is 0 Å². The third-order valence-corrected chi connectivity index (χ3v) is 5.17. The SMILES string of the molecule is CCCCCCCCCCCCCCCCC1NC=CN1CCN. The second-order valence-corrected chi connectivity index (χ2v) is 7.41. The fourth-order valence-corrected chi connectivity index (χ4v) is 3.61. The van der Waals surface area contributed by atoms with Crippen LogP contribution in [-0.4, -0.2) is 24.2 Å². The Labute approximate surface area is 151 Å². The Morgan fingerprint density at radius 2 is 1.29 bits per heavy atom. The van der Waals surface area contributed by atoms with E-state index < -0.39 is 0 Å². The van der Waals surface area contributed by atoms with E-state index in [2.05, 4.69) is 29.5 Å². The molecule has 1 rings (SSSR count). The van der Waals surface area contributed by atoms with E-state index in [9.17, 15) is 0 Å². The van der Waals surface area contributed by atoms with Gasteiger partial charge in [0.25, 0.3) is 0 Å². The first-order chi connectivity index (χ1) is 11.9. The zero-order valence-corrected chi connectivity index (χ0v) is 16.3. The molecule has 3 nitrogen and oxygen atoms in total. The number of rotatable bonds is 17. The first-order valence-electron chi connectivity index (χ1n) is 10.8. The lowest BCUT2D eigenvalue weighted by Crippen LogP contribution is -2.37. The Morgan fingerprint density at radius 1 is 0.792 bits per heavy atom. The van der Waals surface area contributed by atoms with E-state index in [-0.39, 0.29) is 0 Å². The van der Waals surface area contributed by atoms with Crippen LogP contribution in [0.1, 0.15) is 103 Å². The predicted octanol–water partition coefficient (Wildman–Crippen LogP) is 5.52. The van der Waals surface area contributed by atoms with Crippen molar-refractivity contribution in [1.29, 1.82) is 0 Å². The van der Waals surface area contributed by atoms with Crippen LogP contribution in [0.5, 0.6) is 0 Å². The summed E-state index contributed by atoms with van der Waals surface area (Å²) in [5, 5.41) is 3.43. The standard InChI is InChI=1S/C21H43N3/c1-2-3-4-5-6-7-8-9-10-11-12-13-14-15-16-21-23-18-20-24(21)19-17-22/h18,20-21,23H,2-17,19,22H2,1H3. The molecule has 0 fully saturated rings. The summed E-state index contributed by atoms with van der Waals surface area (Å²) in [7, 11) is 0. The minimum Gasteiger partial charge on any atom is -0.370 e. The Hall–Kier alpha value is -0.700. The van der Waals surface area contributed by atoms with Crippen molar-refractivity contribution >= 4 is 0 Å². The van der Waals surface area contributed by atoms with Gasteiger partial charge >= 0.3 is 0 Å². The van der Waals surface area contributed by atoms with Crippen molar-refractivity contribution in [2.75, 3.05) is 13.1 Å². The second-order valence-electron chi connectivity index (χ2n) is 7.41. The van der Waals surface area contributed by atoms with Gasteiger partial charge < -0.3 is 16.0 Å². The Morgan fingerprint density at radius 3 is 1.79 bits per heavy atom. The molecule has 0 saturated heterocycles. The molecule has 1 atom stereocenters. The van der Waals surface area contributed by atoms with Crippen molar-refractivity contribution < 1.29 is 0 Å². The number of hydrogen-bond donors (Lipinski definition) is 2. The van der Waals surface area contributed by atoms with Gasteiger partial charge in [-0.3, -0.25) is 0 Å². The van der Waals surface area contributed by atoms with Crippen molar-refractivity contribution in [3.8, 4) is 0 Å². The summed E-state index contributed by atoms with van der Waals surface area (Å²) in [5.41, 5.74) is 5.65. The average molecular weight is 338 g/mol. The molecule has 0 aliphatic carbocycles. The molecule has 0 saturated carbocycles. The highest BCUT2D eigenvalue weighted by atomic mass is 15.3. The van der Waals surface area contributed by atoms with Gasteiger partial charge in [0.15, 0.2) is 0 Å². The number of nitrogens with two attached hydrogens (primary N) is 1. The van der Waals surface area contributed by atoms with E-state index in [1.54, 1.807) is 0 Å². The van der Waals surface area contributed by atoms with Gasteiger partial charge in [-0.15, -0.1) is 0 Å². The maximum Gasteiger partial charge on any atom is 0.0981 e. The lowest BCUT2D eigenvalue weighted by molar-refractivity contribution is 0.264. The molecule has 0 aromatic carbocycles. The third kappa shape index (κ3) is 11.0. The molecule has 0 aromatic rings. The van der Waals surface area contributed by atoms with Gasteiger partial charge in [0.1, 0.15) is 0 Å². The minimum absolute atomic E-state index is 0.492. The summed E-state index contributed by atoms with van der Waals surface area (Å²) in [4.78, 5) is 2.34. The van der Waals surface area contributed by atoms with Gasteiger partial charge in [0.05, 0.1) is 6.17 Å². The van der Waals surface area contributed by atoms with Gasteiger partial charge in [-0.25, -0.2) is 0 Å². The molecule has 1 aliphatic rings. The summed E-state index contributed by atoms with van der Waals surface area (Å²) in [6.07, 6.45) is 25.9. The Bertz CT molecular complexity index is 291. The van der Waals surface area contributed by atoms with E-state index >= 15 is 0 Å². The summed E-state index contributed by atoms with van der Waals surface area (Å²) >= 11 is 0. The summed E-state index contributed by atoms with van der Waals surface area (Å²) in [6.45, 7) is 3.99. The second kappa shape index (κ2) is 15.8. The van der Waals surface area contributed by atoms with Crippen molar-refractivity contribution in [3.63, 3.8) is 0 Å². The summed E-state index contributed by atoms with van der Waals surface area (Å²) < 4.78 is 0. The van der Waals surface area contributed by atoms with Crippen LogP contribution in [-0.2, 0) is 0 Å². The van der Waals surface area contributed by atoms with Crippen LogP contribution in [0.4, 0.5) is 0 Å². The molecule has 1 aliphatic heterocycles. The van der Waals surface area contributed by atoms with Crippen LogP contribution >= 0.6 is 0 Å². The van der Waals surface area contributed by atoms with E-state index in [0.29, 0.717) is 6.17 Å². The molecule has 1 unspecified atom stereocenters. The molecule has 3 heteroatoms. The van der Waals surface area contributed by atoms with Crippen molar-refractivity contribution in [2.45, 2.75) is 109 Å². The molecule has 1 heterocycles. The fraction of sp³-hybridized carbons (Fsp3) is 0.905. The lowest BCUT2D eigenvalue weighted by Gasteiger charge is -2.25. The highest BCUT2D eigenvalue weighted by molar-refractivity contribution is 4.94. The van der Waals surface area contributed by atoms with Crippen LogP contribution in [0.15, 0.2) is 12.4 Å². The van der Waals surface area contributed by atoms with Gasteiger partial charge in [-0.2, -0.15) is 0 Å². The molecular weight excluding hydrogens is 294 g/mol. The topological polar surface area (TPSA) is 41.3 Å². The minimum atomic E-state index is 0.492. The van der Waals surface area contributed by atoms with Crippen LogP contribution in [0, 0.1) is 0 Å². The number of hydrogen-bond acceptors (Lipinski definition) is 3. The Balaban J connectivity index is 1.76. The van der Waals surface area contributed by atoms with Gasteiger partial charge in [0, 0.05) is 25.5 Å². The normalized spacial score (nSPS) is 16.8. The molecule has 0 radical (unpaired) electrons. The van der Waals surface area contributed by atoms with E-state index in [0.717, 1.165) is 13.1 Å². The molecule has 0 amide bonds. The van der Waals surface area contributed by atoms with Crippen molar-refractivity contribution in [3.05, 3.63) is 12.4 Å². The average Bonchev–Trinajstić information content (AvgIpc) is 3.03. The predicted molar refractivity (Wildman–Crippen MR) is 107 cm³/mol. The van der Waals surface area contributed by atoms with Crippen LogP contribution < -0.4 is 11.1 Å². The zero-order valence-electron chi connectivity index (χ0n) is 16.3. The smallest absolute Gasteiger partial charge is 0.0981 e. The number of nitrogens with zero attached hydrogens (tertiary/aromatic N) is 1. The third-order valence-electron chi connectivity index (χ3n) is 5.17. The molecule has 0 bridgehead atoms. The molecule has 0 spiro atoms. The van der Waals surface area contributed by atoms with Gasteiger partial charge in [-0.05, 0) is 12.8 Å². The van der Waals surface area contributed by atoms with Crippen molar-refractivity contribution in [2.24, 2.45) is 5.73 Å². The van der Waals surface area contributed by atoms with Crippen molar-refractivity contribution in [1.82, 2.24) is 10.2 Å². The quantitative estimate of drug-likeness (QED) is 0.343. The monoisotopic (exact) mass is 337 g/mol. The molecular formula is C21H43N3. The number of unbranched alkanes of at least 4 members (excludes halogenated alkanes) is 13. The molecule has 142 valence electrons. The van der Waals surface area contributed by atoms with E-state index in [1.807, 2.05) is 0 Å². The van der Waals surface area contributed by atoms with Crippen LogP contribution in [0.3, 0.4) is 0 Å². The first kappa shape index (κ1) is 21.3. The van der Waals surface area contributed by atoms with Gasteiger partial charge in [-0.1, -0.05) is 90.4 Å². The summed E-state index contributed by atoms with van der Waals surface area (Å²) in [5.74, 6) is 0. The molecule has 0 aromatic heterocycles. The molecule has 24 heavy (non-hydrogen) atoms. The van der Waals surface area contributed by atoms with E-state index in [1.165, 1.54) is 96.3 Å². The van der Waals surface area contributed by atoms with Crippen LogP contribution in [0.2, 0.25) is 0 Å². The zero-order chi connectivity index (χ0) is 17.3. The van der Waals surface area contributed by atoms with E-state index in [4.69, 9.17) is 5.73 Å². The maximum atomic E-state index is 5.65. The summed E-state index contributed by atoms with van der Waals surface area (Å²) in [6, 6.07) is 0.